The highest BCUT2D eigenvalue weighted by Gasteiger charge is 2.13. The molecule has 0 aliphatic rings. The summed E-state index contributed by atoms with van der Waals surface area (Å²) in [5, 5.41) is 0.688. The van der Waals surface area contributed by atoms with E-state index in [-0.39, 0.29) is 23.2 Å². The molecule has 0 spiro atoms. The van der Waals surface area contributed by atoms with E-state index >= 15 is 0 Å². The van der Waals surface area contributed by atoms with E-state index in [9.17, 15) is 9.18 Å². The van der Waals surface area contributed by atoms with Crippen LogP contribution in [0, 0.1) is 12.7 Å². The van der Waals surface area contributed by atoms with Gasteiger partial charge in [-0.15, -0.1) is 0 Å². The molecule has 2 aromatic carbocycles. The maximum absolute atomic E-state index is 13.5. The Balaban J connectivity index is 2.10. The molecule has 2 nitrogen and oxygen atoms in total. The van der Waals surface area contributed by atoms with Crippen molar-refractivity contribution in [3.05, 3.63) is 63.4 Å². The first kappa shape index (κ1) is 14.8. The fourth-order valence-corrected chi connectivity index (χ4v) is 2.17. The van der Waals surface area contributed by atoms with Crippen LogP contribution in [-0.2, 0) is 0 Å². The van der Waals surface area contributed by atoms with Crippen molar-refractivity contribution in [2.45, 2.75) is 6.92 Å². The summed E-state index contributed by atoms with van der Waals surface area (Å²) >= 11 is 11.7. The Morgan fingerprint density at radius 2 is 1.95 bits per heavy atom. The molecule has 0 heterocycles. The first-order chi connectivity index (χ1) is 9.47. The third kappa shape index (κ3) is 3.50. The highest BCUT2D eigenvalue weighted by Crippen LogP contribution is 2.22. The summed E-state index contributed by atoms with van der Waals surface area (Å²) in [5.74, 6) is -0.804. The lowest BCUT2D eigenvalue weighted by atomic mass is 10.1. The molecular formula is C15H11Cl2FO2. The highest BCUT2D eigenvalue weighted by molar-refractivity contribution is 6.36. The molecular weight excluding hydrogens is 302 g/mol. The van der Waals surface area contributed by atoms with E-state index in [1.807, 2.05) is 6.92 Å². The molecule has 0 unspecified atom stereocenters. The highest BCUT2D eigenvalue weighted by atomic mass is 35.5. The molecule has 104 valence electrons. The molecule has 0 radical (unpaired) electrons. The van der Waals surface area contributed by atoms with Gasteiger partial charge in [-0.1, -0.05) is 29.3 Å². The summed E-state index contributed by atoms with van der Waals surface area (Å²) in [6.45, 7) is 1.52. The topological polar surface area (TPSA) is 26.3 Å². The maximum atomic E-state index is 13.5. The predicted octanol–water partition coefficient (Wildman–Crippen LogP) is 4.70. The molecule has 0 bridgehead atoms. The quantitative estimate of drug-likeness (QED) is 0.765. The minimum atomic E-state index is -0.509. The Morgan fingerprint density at radius 1 is 1.20 bits per heavy atom. The molecule has 0 atom stereocenters. The van der Waals surface area contributed by atoms with E-state index < -0.39 is 5.82 Å². The van der Waals surface area contributed by atoms with E-state index in [1.165, 1.54) is 24.3 Å². The van der Waals surface area contributed by atoms with Gasteiger partial charge in [-0.2, -0.15) is 0 Å². The number of aryl methyl sites for hydroxylation is 1. The normalized spacial score (nSPS) is 10.4. The number of ether oxygens (including phenoxy) is 1. The van der Waals surface area contributed by atoms with Gasteiger partial charge in [-0.05, 0) is 42.8 Å². The fraction of sp³-hybridized carbons (Fsp3) is 0.133. The summed E-state index contributed by atoms with van der Waals surface area (Å²) in [6, 6.07) is 9.01. The van der Waals surface area contributed by atoms with Crippen molar-refractivity contribution in [1.82, 2.24) is 0 Å². The average molecular weight is 313 g/mol. The van der Waals surface area contributed by atoms with Crippen LogP contribution < -0.4 is 4.74 Å². The second kappa shape index (κ2) is 6.25. The zero-order chi connectivity index (χ0) is 14.7. The number of halogens is 3. The van der Waals surface area contributed by atoms with E-state index in [4.69, 9.17) is 27.9 Å². The Kier molecular flexibility index (Phi) is 4.63. The summed E-state index contributed by atoms with van der Waals surface area (Å²) < 4.78 is 18.7. The minimum Gasteiger partial charge on any atom is -0.482 e. The molecule has 0 amide bonds. The Bertz CT molecular complexity index is 656. The van der Waals surface area contributed by atoms with Crippen molar-refractivity contribution in [3.63, 3.8) is 0 Å². The van der Waals surface area contributed by atoms with Crippen LogP contribution in [0.25, 0.3) is 0 Å². The number of hydrogen-bond donors (Lipinski definition) is 0. The van der Waals surface area contributed by atoms with Gasteiger partial charge >= 0.3 is 0 Å². The number of hydrogen-bond acceptors (Lipinski definition) is 2. The van der Waals surface area contributed by atoms with Crippen LogP contribution in [-0.4, -0.2) is 12.4 Å². The lowest BCUT2D eigenvalue weighted by Crippen LogP contribution is -2.12. The summed E-state index contributed by atoms with van der Waals surface area (Å²) in [7, 11) is 0. The first-order valence-electron chi connectivity index (χ1n) is 5.84. The van der Waals surface area contributed by atoms with Crippen LogP contribution in [0.3, 0.4) is 0 Å². The van der Waals surface area contributed by atoms with Crippen molar-refractivity contribution >= 4 is 29.0 Å². The molecule has 2 rings (SSSR count). The third-order valence-corrected chi connectivity index (χ3v) is 3.22. The van der Waals surface area contributed by atoms with Crippen LogP contribution in [0.4, 0.5) is 4.39 Å². The van der Waals surface area contributed by atoms with Crippen LogP contribution in [0.15, 0.2) is 36.4 Å². The van der Waals surface area contributed by atoms with Crippen LogP contribution in [0.2, 0.25) is 10.0 Å². The van der Waals surface area contributed by atoms with Crippen molar-refractivity contribution < 1.29 is 13.9 Å². The van der Waals surface area contributed by atoms with Gasteiger partial charge in [0.25, 0.3) is 0 Å². The van der Waals surface area contributed by atoms with Crippen molar-refractivity contribution in [3.8, 4) is 5.75 Å². The van der Waals surface area contributed by atoms with Gasteiger partial charge in [0.2, 0.25) is 5.78 Å². The monoisotopic (exact) mass is 312 g/mol. The molecule has 0 aliphatic carbocycles. The largest absolute Gasteiger partial charge is 0.482 e. The first-order valence-corrected chi connectivity index (χ1v) is 6.60. The molecule has 20 heavy (non-hydrogen) atoms. The standard InChI is InChI=1S/C15H11Cl2FO2/c1-9-2-5-13(18)15(6-9)20-8-14(19)11-4-3-10(16)7-12(11)17/h2-7H,8H2,1H3. The Labute approximate surface area is 126 Å². The third-order valence-electron chi connectivity index (χ3n) is 2.68. The lowest BCUT2D eigenvalue weighted by Gasteiger charge is -2.08. The minimum absolute atomic E-state index is 0.0448. The zero-order valence-corrected chi connectivity index (χ0v) is 12.1. The van der Waals surface area contributed by atoms with Crippen molar-refractivity contribution in [2.75, 3.05) is 6.61 Å². The molecule has 0 N–H and O–H groups in total. The number of benzene rings is 2. The lowest BCUT2D eigenvalue weighted by molar-refractivity contribution is 0.0919. The number of ketones is 1. The number of rotatable bonds is 4. The maximum Gasteiger partial charge on any atom is 0.201 e. The van der Waals surface area contributed by atoms with Gasteiger partial charge in [-0.25, -0.2) is 4.39 Å². The number of carbonyl (C=O) groups excluding carboxylic acids is 1. The predicted molar refractivity (Wildman–Crippen MR) is 77.4 cm³/mol. The zero-order valence-electron chi connectivity index (χ0n) is 10.6. The average Bonchev–Trinajstić information content (AvgIpc) is 2.39. The van der Waals surface area contributed by atoms with E-state index in [1.54, 1.807) is 12.1 Å². The van der Waals surface area contributed by atoms with Crippen LogP contribution in [0.5, 0.6) is 5.75 Å². The second-order valence-electron chi connectivity index (χ2n) is 4.27. The van der Waals surface area contributed by atoms with Crippen molar-refractivity contribution in [2.24, 2.45) is 0 Å². The molecule has 5 heteroatoms. The molecule has 0 fully saturated rings. The van der Waals surface area contributed by atoms with Gasteiger partial charge in [0.05, 0.1) is 5.02 Å². The summed E-state index contributed by atoms with van der Waals surface area (Å²) in [6.07, 6.45) is 0. The smallest absolute Gasteiger partial charge is 0.201 e. The molecule has 0 saturated heterocycles. The Hall–Kier alpha value is -1.58. The molecule has 0 saturated carbocycles. The van der Waals surface area contributed by atoms with E-state index in [0.29, 0.717) is 10.6 Å². The van der Waals surface area contributed by atoms with Gasteiger partial charge in [0.15, 0.2) is 18.2 Å². The summed E-state index contributed by atoms with van der Waals surface area (Å²) in [5.41, 5.74) is 1.14. The number of Topliss-reactive ketones (excluding diaryl/α,β-unsaturated/α-hetero) is 1. The SMILES string of the molecule is Cc1ccc(F)c(OCC(=O)c2ccc(Cl)cc2Cl)c1. The van der Waals surface area contributed by atoms with Gasteiger partial charge in [0, 0.05) is 10.6 Å². The number of carbonyl (C=O) groups is 1. The molecule has 0 aromatic heterocycles. The van der Waals surface area contributed by atoms with Gasteiger partial charge in [0.1, 0.15) is 0 Å². The van der Waals surface area contributed by atoms with Gasteiger partial charge in [-0.3, -0.25) is 4.79 Å². The van der Waals surface area contributed by atoms with Crippen LogP contribution >= 0.6 is 23.2 Å². The van der Waals surface area contributed by atoms with Crippen LogP contribution in [0.1, 0.15) is 15.9 Å². The van der Waals surface area contributed by atoms with E-state index in [2.05, 4.69) is 0 Å². The van der Waals surface area contributed by atoms with E-state index in [0.717, 1.165) is 5.56 Å². The Morgan fingerprint density at radius 3 is 2.65 bits per heavy atom. The molecule has 0 aliphatic heterocycles. The van der Waals surface area contributed by atoms with Gasteiger partial charge < -0.3 is 4.74 Å². The van der Waals surface area contributed by atoms with Crippen molar-refractivity contribution in [1.29, 1.82) is 0 Å². The second-order valence-corrected chi connectivity index (χ2v) is 5.11. The fourth-order valence-electron chi connectivity index (χ4n) is 1.66. The summed E-state index contributed by atoms with van der Waals surface area (Å²) in [4.78, 5) is 12.0. The molecule has 2 aromatic rings.